The minimum Gasteiger partial charge on any atom is -0.263 e. The molecular formula is C21H20N4O2S. The molecule has 142 valence electrons. The highest BCUT2D eigenvalue weighted by atomic mass is 32.2. The Labute approximate surface area is 163 Å². The third-order valence-corrected chi connectivity index (χ3v) is 6.13. The Balaban J connectivity index is 1.53. The lowest BCUT2D eigenvalue weighted by Gasteiger charge is -2.18. The minimum atomic E-state index is -3.71. The molecule has 0 unspecified atom stereocenters. The summed E-state index contributed by atoms with van der Waals surface area (Å²) in [7, 11) is -3.71. The van der Waals surface area contributed by atoms with Crippen molar-refractivity contribution in [2.75, 3.05) is 6.54 Å². The van der Waals surface area contributed by atoms with Gasteiger partial charge < -0.3 is 0 Å². The van der Waals surface area contributed by atoms with Gasteiger partial charge in [-0.05, 0) is 29.7 Å². The predicted molar refractivity (Wildman–Crippen MR) is 108 cm³/mol. The maximum Gasteiger partial charge on any atom is 0.258 e. The van der Waals surface area contributed by atoms with E-state index in [4.69, 9.17) is 0 Å². The second-order valence-corrected chi connectivity index (χ2v) is 8.19. The molecule has 0 radical (unpaired) electrons. The van der Waals surface area contributed by atoms with Crippen molar-refractivity contribution < 1.29 is 8.42 Å². The van der Waals surface area contributed by atoms with E-state index < -0.39 is 10.0 Å². The zero-order chi connectivity index (χ0) is 19.4. The Hall–Kier alpha value is -3.03. The van der Waals surface area contributed by atoms with Gasteiger partial charge in [0, 0.05) is 18.7 Å². The van der Waals surface area contributed by atoms with Gasteiger partial charge in [0.15, 0.2) is 10.7 Å². The highest BCUT2D eigenvalue weighted by molar-refractivity contribution is 7.89. The summed E-state index contributed by atoms with van der Waals surface area (Å²) in [4.78, 5) is 4.07. The molecule has 0 aliphatic heterocycles. The van der Waals surface area contributed by atoms with Crippen molar-refractivity contribution in [3.05, 3.63) is 90.1 Å². The van der Waals surface area contributed by atoms with Gasteiger partial charge in [-0.1, -0.05) is 60.7 Å². The summed E-state index contributed by atoms with van der Waals surface area (Å²) in [6, 6.07) is 23.6. The van der Waals surface area contributed by atoms with Gasteiger partial charge in [0.05, 0.1) is 5.39 Å². The zero-order valence-electron chi connectivity index (χ0n) is 15.1. The van der Waals surface area contributed by atoms with Crippen LogP contribution < -0.4 is 4.72 Å². The fourth-order valence-electron chi connectivity index (χ4n) is 3.34. The molecule has 7 heteroatoms. The number of nitrogens with zero attached hydrogens (tertiary/aromatic N) is 2. The van der Waals surface area contributed by atoms with Gasteiger partial charge in [-0.3, -0.25) is 5.10 Å². The van der Waals surface area contributed by atoms with Crippen LogP contribution in [0.1, 0.15) is 23.5 Å². The van der Waals surface area contributed by atoms with E-state index in [9.17, 15) is 8.42 Å². The average molecular weight is 392 g/mol. The number of aromatic amines is 1. The van der Waals surface area contributed by atoms with Gasteiger partial charge in [-0.25, -0.2) is 18.1 Å². The minimum absolute atomic E-state index is 0.0478. The van der Waals surface area contributed by atoms with Crippen LogP contribution in [0.15, 0.2) is 84.0 Å². The number of H-pyrrole nitrogens is 1. The van der Waals surface area contributed by atoms with E-state index in [0.717, 1.165) is 11.1 Å². The molecule has 6 nitrogen and oxygen atoms in total. The first-order valence-electron chi connectivity index (χ1n) is 9.04. The maximum absolute atomic E-state index is 12.8. The van der Waals surface area contributed by atoms with Gasteiger partial charge >= 0.3 is 0 Å². The number of nitrogens with one attached hydrogen (secondary N) is 2. The standard InChI is InChI=1S/C21H20N4O2S/c26-28(27,21-19-12-7-14-22-20(19)24-25-21)23-15-13-18(16-8-3-1-4-9-16)17-10-5-2-6-11-17/h1-12,14,18,23H,13,15H2,(H,22,24,25). The number of aromatic nitrogens is 3. The Morgan fingerprint density at radius 1 is 0.893 bits per heavy atom. The molecule has 0 spiro atoms. The molecule has 0 aliphatic rings. The van der Waals surface area contributed by atoms with Gasteiger partial charge in [0.2, 0.25) is 0 Å². The molecular weight excluding hydrogens is 372 g/mol. The number of benzene rings is 2. The van der Waals surface area contributed by atoms with Crippen molar-refractivity contribution in [1.82, 2.24) is 19.9 Å². The monoisotopic (exact) mass is 392 g/mol. The van der Waals surface area contributed by atoms with Crippen LogP contribution in [0.3, 0.4) is 0 Å². The smallest absolute Gasteiger partial charge is 0.258 e. The Bertz CT molecular complexity index is 1120. The molecule has 4 rings (SSSR count). The topological polar surface area (TPSA) is 87.7 Å². The van der Waals surface area contributed by atoms with Crippen LogP contribution >= 0.6 is 0 Å². The highest BCUT2D eigenvalue weighted by Gasteiger charge is 2.21. The lowest BCUT2D eigenvalue weighted by molar-refractivity contribution is 0.572. The van der Waals surface area contributed by atoms with Gasteiger partial charge in [-0.2, -0.15) is 5.10 Å². The summed E-state index contributed by atoms with van der Waals surface area (Å²) in [6.45, 7) is 0.303. The van der Waals surface area contributed by atoms with Crippen molar-refractivity contribution >= 4 is 21.1 Å². The first-order chi connectivity index (χ1) is 13.6. The highest BCUT2D eigenvalue weighted by Crippen LogP contribution is 2.27. The quantitative estimate of drug-likeness (QED) is 0.504. The second kappa shape index (κ2) is 7.92. The van der Waals surface area contributed by atoms with E-state index in [1.807, 2.05) is 36.4 Å². The molecule has 28 heavy (non-hydrogen) atoms. The third-order valence-electron chi connectivity index (χ3n) is 4.69. The normalized spacial score (nSPS) is 11.9. The average Bonchev–Trinajstić information content (AvgIpc) is 3.18. The molecule has 2 aromatic heterocycles. The maximum atomic E-state index is 12.8. The third kappa shape index (κ3) is 3.81. The first-order valence-corrected chi connectivity index (χ1v) is 10.5. The molecule has 0 atom stereocenters. The van der Waals surface area contributed by atoms with E-state index in [0.29, 0.717) is 24.0 Å². The second-order valence-electron chi connectivity index (χ2n) is 6.49. The number of hydrogen-bond donors (Lipinski definition) is 2. The van der Waals surface area contributed by atoms with Crippen LogP contribution in [-0.4, -0.2) is 30.1 Å². The molecule has 0 saturated carbocycles. The summed E-state index contributed by atoms with van der Waals surface area (Å²) in [5.41, 5.74) is 2.70. The van der Waals surface area contributed by atoms with Gasteiger partial charge in [0.1, 0.15) is 0 Å². The lowest BCUT2D eigenvalue weighted by atomic mass is 9.89. The Morgan fingerprint density at radius 3 is 2.18 bits per heavy atom. The van der Waals surface area contributed by atoms with Crippen molar-refractivity contribution in [1.29, 1.82) is 0 Å². The summed E-state index contributed by atoms with van der Waals surface area (Å²) >= 11 is 0. The summed E-state index contributed by atoms with van der Waals surface area (Å²) < 4.78 is 28.2. The Morgan fingerprint density at radius 2 is 1.54 bits per heavy atom. The van der Waals surface area contributed by atoms with E-state index in [-0.39, 0.29) is 10.9 Å². The SMILES string of the molecule is O=S(=O)(NCCC(c1ccccc1)c1ccccc1)c1[nH]nc2ncccc12. The van der Waals surface area contributed by atoms with Crippen molar-refractivity contribution in [3.8, 4) is 0 Å². The number of sulfonamides is 1. The number of pyridine rings is 1. The van der Waals surface area contributed by atoms with Crippen LogP contribution in [0.2, 0.25) is 0 Å². The van der Waals surface area contributed by atoms with Gasteiger partial charge in [-0.15, -0.1) is 0 Å². The van der Waals surface area contributed by atoms with Crippen LogP contribution in [0.4, 0.5) is 0 Å². The summed E-state index contributed by atoms with van der Waals surface area (Å²) in [5, 5.41) is 7.09. The van der Waals surface area contributed by atoms with Crippen LogP contribution in [0.5, 0.6) is 0 Å². The fourth-order valence-corrected chi connectivity index (χ4v) is 4.48. The van der Waals surface area contributed by atoms with E-state index >= 15 is 0 Å². The van der Waals surface area contributed by atoms with E-state index in [1.165, 1.54) is 0 Å². The Kier molecular flexibility index (Phi) is 5.18. The van der Waals surface area contributed by atoms with Crippen LogP contribution in [0.25, 0.3) is 11.0 Å². The van der Waals surface area contributed by atoms with Crippen molar-refractivity contribution in [3.63, 3.8) is 0 Å². The summed E-state index contributed by atoms with van der Waals surface area (Å²) in [6.07, 6.45) is 2.22. The first kappa shape index (κ1) is 18.3. The van der Waals surface area contributed by atoms with E-state index in [1.54, 1.807) is 18.3 Å². The number of fused-ring (bicyclic) bond motifs is 1. The van der Waals surface area contributed by atoms with E-state index in [2.05, 4.69) is 44.2 Å². The molecule has 4 aromatic rings. The molecule has 0 fully saturated rings. The largest absolute Gasteiger partial charge is 0.263 e. The molecule has 2 heterocycles. The number of rotatable bonds is 7. The fraction of sp³-hybridized carbons (Fsp3) is 0.143. The predicted octanol–water partition coefficient (Wildman–Crippen LogP) is 3.46. The molecule has 0 aliphatic carbocycles. The molecule has 0 amide bonds. The van der Waals surface area contributed by atoms with Gasteiger partial charge in [0.25, 0.3) is 10.0 Å². The molecule has 2 aromatic carbocycles. The summed E-state index contributed by atoms with van der Waals surface area (Å²) in [5.74, 6) is 0.102. The van der Waals surface area contributed by atoms with Crippen LogP contribution in [0, 0.1) is 0 Å². The number of hydrogen-bond acceptors (Lipinski definition) is 4. The molecule has 2 N–H and O–H groups in total. The van der Waals surface area contributed by atoms with Crippen molar-refractivity contribution in [2.45, 2.75) is 17.4 Å². The zero-order valence-corrected chi connectivity index (χ0v) is 15.9. The molecule has 0 bridgehead atoms. The lowest BCUT2D eigenvalue weighted by Crippen LogP contribution is -2.26. The molecule has 0 saturated heterocycles. The van der Waals surface area contributed by atoms with Crippen LogP contribution in [-0.2, 0) is 10.0 Å². The van der Waals surface area contributed by atoms with Crippen molar-refractivity contribution in [2.24, 2.45) is 0 Å².